The SMILES string of the molecule is CCCc1nc(C)c2c(=O)[nH]c(-c3cc(SN4CCC4)ccc3OCC)nn12. The van der Waals surface area contributed by atoms with Gasteiger partial charge < -0.3 is 9.72 Å². The number of hydrogen-bond acceptors (Lipinski definition) is 6. The third-order valence-corrected chi connectivity index (χ3v) is 5.86. The zero-order chi connectivity index (χ0) is 19.7. The maximum absolute atomic E-state index is 12.8. The van der Waals surface area contributed by atoms with E-state index in [-0.39, 0.29) is 5.56 Å². The largest absolute Gasteiger partial charge is 0.493 e. The Balaban J connectivity index is 1.84. The number of ether oxygens (including phenoxy) is 1. The fraction of sp³-hybridized carbons (Fsp3) is 0.450. The molecule has 0 aliphatic carbocycles. The van der Waals surface area contributed by atoms with E-state index < -0.39 is 0 Å². The van der Waals surface area contributed by atoms with Crippen LogP contribution in [0.2, 0.25) is 0 Å². The van der Waals surface area contributed by atoms with Gasteiger partial charge in [-0.1, -0.05) is 6.92 Å². The molecule has 4 rings (SSSR count). The van der Waals surface area contributed by atoms with Crippen LogP contribution in [-0.4, -0.2) is 43.6 Å². The number of nitrogens with zero attached hydrogens (tertiary/aromatic N) is 4. The summed E-state index contributed by atoms with van der Waals surface area (Å²) in [6.45, 7) is 8.63. The minimum absolute atomic E-state index is 0.180. The predicted octanol–water partition coefficient (Wildman–Crippen LogP) is 3.46. The lowest BCUT2D eigenvalue weighted by Gasteiger charge is -2.29. The summed E-state index contributed by atoms with van der Waals surface area (Å²) < 4.78 is 9.83. The van der Waals surface area contributed by atoms with Gasteiger partial charge in [-0.25, -0.2) is 13.8 Å². The Morgan fingerprint density at radius 2 is 2.11 bits per heavy atom. The van der Waals surface area contributed by atoms with Gasteiger partial charge in [-0.3, -0.25) is 4.79 Å². The quantitative estimate of drug-likeness (QED) is 0.613. The molecule has 28 heavy (non-hydrogen) atoms. The number of aryl methyl sites for hydroxylation is 2. The molecule has 0 radical (unpaired) electrons. The molecule has 0 amide bonds. The molecule has 1 fully saturated rings. The summed E-state index contributed by atoms with van der Waals surface area (Å²) in [6.07, 6.45) is 2.95. The molecular formula is C20H25N5O2S. The van der Waals surface area contributed by atoms with E-state index in [1.807, 2.05) is 26.0 Å². The van der Waals surface area contributed by atoms with Crippen LogP contribution in [0.15, 0.2) is 27.9 Å². The van der Waals surface area contributed by atoms with Gasteiger partial charge in [0, 0.05) is 24.4 Å². The van der Waals surface area contributed by atoms with Crippen molar-refractivity contribution in [3.63, 3.8) is 0 Å². The normalized spacial score (nSPS) is 14.4. The lowest BCUT2D eigenvalue weighted by molar-refractivity contribution is 0.340. The van der Waals surface area contributed by atoms with Crippen molar-refractivity contribution < 1.29 is 4.74 Å². The number of H-pyrrole nitrogens is 1. The van der Waals surface area contributed by atoms with Crippen LogP contribution in [0.5, 0.6) is 5.75 Å². The van der Waals surface area contributed by atoms with Gasteiger partial charge in [-0.15, -0.1) is 5.10 Å². The van der Waals surface area contributed by atoms with Crippen molar-refractivity contribution in [2.45, 2.75) is 44.9 Å². The average molecular weight is 400 g/mol. The molecule has 1 aliphatic heterocycles. The first kappa shape index (κ1) is 19.0. The van der Waals surface area contributed by atoms with Crippen LogP contribution in [0, 0.1) is 6.92 Å². The number of nitrogens with one attached hydrogen (secondary N) is 1. The van der Waals surface area contributed by atoms with Gasteiger partial charge in [0.15, 0.2) is 11.3 Å². The fourth-order valence-electron chi connectivity index (χ4n) is 3.30. The topological polar surface area (TPSA) is 75.5 Å². The number of rotatable bonds is 7. The van der Waals surface area contributed by atoms with E-state index in [4.69, 9.17) is 9.84 Å². The Morgan fingerprint density at radius 3 is 2.79 bits per heavy atom. The van der Waals surface area contributed by atoms with Crippen LogP contribution in [0.4, 0.5) is 0 Å². The molecule has 1 saturated heterocycles. The van der Waals surface area contributed by atoms with Crippen LogP contribution >= 0.6 is 11.9 Å². The van der Waals surface area contributed by atoms with Crippen molar-refractivity contribution in [2.24, 2.45) is 0 Å². The molecule has 2 aromatic heterocycles. The van der Waals surface area contributed by atoms with E-state index in [0.29, 0.717) is 29.4 Å². The molecule has 1 N–H and O–H groups in total. The molecular weight excluding hydrogens is 374 g/mol. The van der Waals surface area contributed by atoms with Gasteiger partial charge in [0.05, 0.1) is 17.9 Å². The van der Waals surface area contributed by atoms with E-state index in [1.54, 1.807) is 16.5 Å². The maximum atomic E-state index is 12.8. The van der Waals surface area contributed by atoms with Gasteiger partial charge in [0.25, 0.3) is 5.56 Å². The van der Waals surface area contributed by atoms with E-state index in [1.165, 1.54) is 6.42 Å². The molecule has 0 unspecified atom stereocenters. The van der Waals surface area contributed by atoms with Crippen molar-refractivity contribution >= 4 is 17.5 Å². The highest BCUT2D eigenvalue weighted by Crippen LogP contribution is 2.35. The molecule has 3 heterocycles. The first-order chi connectivity index (χ1) is 13.6. The number of imidazole rings is 1. The van der Waals surface area contributed by atoms with Gasteiger partial charge in [0.2, 0.25) is 0 Å². The standard InChI is InChI=1S/C20H25N5O2S/c1-4-7-17-21-13(3)18-20(26)22-19(23-25(17)18)15-12-14(28-24-10-6-11-24)8-9-16(15)27-5-2/h8-9,12H,4-7,10-11H2,1-3H3,(H,22,23,26). The van der Waals surface area contributed by atoms with Crippen LogP contribution in [0.25, 0.3) is 16.9 Å². The Labute approximate surface area is 168 Å². The second kappa shape index (κ2) is 7.97. The molecule has 1 aromatic carbocycles. The fourth-order valence-corrected chi connectivity index (χ4v) is 4.34. The average Bonchev–Trinajstić information content (AvgIpc) is 2.96. The minimum Gasteiger partial charge on any atom is -0.493 e. The second-order valence-corrected chi connectivity index (χ2v) is 8.06. The van der Waals surface area contributed by atoms with Gasteiger partial charge in [-0.2, -0.15) is 0 Å². The number of benzene rings is 1. The Morgan fingerprint density at radius 1 is 1.29 bits per heavy atom. The Hall–Kier alpha value is -2.32. The lowest BCUT2D eigenvalue weighted by atomic mass is 10.2. The highest BCUT2D eigenvalue weighted by atomic mass is 32.2. The van der Waals surface area contributed by atoms with Crippen molar-refractivity contribution in [3.05, 3.63) is 40.1 Å². The van der Waals surface area contributed by atoms with Crippen LogP contribution < -0.4 is 10.3 Å². The summed E-state index contributed by atoms with van der Waals surface area (Å²) in [4.78, 5) is 21.4. The van der Waals surface area contributed by atoms with E-state index in [0.717, 1.165) is 42.2 Å². The molecule has 0 spiro atoms. The molecule has 3 aromatic rings. The molecule has 1 aliphatic rings. The van der Waals surface area contributed by atoms with Crippen LogP contribution in [-0.2, 0) is 6.42 Å². The number of aromatic nitrogens is 4. The summed E-state index contributed by atoms with van der Waals surface area (Å²) in [5.41, 5.74) is 1.83. The van der Waals surface area contributed by atoms with E-state index in [2.05, 4.69) is 27.3 Å². The van der Waals surface area contributed by atoms with Crippen molar-refractivity contribution in [3.8, 4) is 17.1 Å². The highest BCUT2D eigenvalue weighted by molar-refractivity contribution is 7.97. The van der Waals surface area contributed by atoms with E-state index in [9.17, 15) is 4.79 Å². The molecule has 148 valence electrons. The van der Waals surface area contributed by atoms with E-state index >= 15 is 0 Å². The van der Waals surface area contributed by atoms with Gasteiger partial charge in [-0.05, 0) is 56.8 Å². The first-order valence-corrected chi connectivity index (χ1v) is 10.6. The summed E-state index contributed by atoms with van der Waals surface area (Å²) in [5.74, 6) is 2.03. The minimum atomic E-state index is -0.180. The Kier molecular flexibility index (Phi) is 5.41. The zero-order valence-corrected chi connectivity index (χ0v) is 17.3. The number of hydrogen-bond donors (Lipinski definition) is 1. The highest BCUT2D eigenvalue weighted by Gasteiger charge is 2.19. The zero-order valence-electron chi connectivity index (χ0n) is 16.5. The molecule has 8 heteroatoms. The monoisotopic (exact) mass is 399 g/mol. The molecule has 7 nitrogen and oxygen atoms in total. The summed E-state index contributed by atoms with van der Waals surface area (Å²) in [7, 11) is 0. The summed E-state index contributed by atoms with van der Waals surface area (Å²) >= 11 is 1.73. The molecule has 0 bridgehead atoms. The van der Waals surface area contributed by atoms with Crippen LogP contribution in [0.1, 0.15) is 38.2 Å². The lowest BCUT2D eigenvalue weighted by Crippen LogP contribution is -2.30. The molecule has 0 atom stereocenters. The summed E-state index contributed by atoms with van der Waals surface area (Å²) in [6, 6.07) is 6.05. The Bertz CT molecular complexity index is 1050. The maximum Gasteiger partial charge on any atom is 0.277 e. The van der Waals surface area contributed by atoms with Gasteiger partial charge >= 0.3 is 0 Å². The smallest absolute Gasteiger partial charge is 0.277 e. The third kappa shape index (κ3) is 3.54. The molecule has 0 saturated carbocycles. The van der Waals surface area contributed by atoms with Crippen molar-refractivity contribution in [2.75, 3.05) is 19.7 Å². The van der Waals surface area contributed by atoms with Crippen molar-refractivity contribution in [1.29, 1.82) is 0 Å². The van der Waals surface area contributed by atoms with Crippen LogP contribution in [0.3, 0.4) is 0 Å². The summed E-state index contributed by atoms with van der Waals surface area (Å²) in [5, 5.41) is 4.74. The first-order valence-electron chi connectivity index (χ1n) is 9.79. The number of aromatic amines is 1. The van der Waals surface area contributed by atoms with Gasteiger partial charge in [0.1, 0.15) is 11.6 Å². The van der Waals surface area contributed by atoms with Crippen molar-refractivity contribution in [1.82, 2.24) is 23.9 Å². The predicted molar refractivity (Wildman–Crippen MR) is 111 cm³/mol. The number of fused-ring (bicyclic) bond motifs is 1. The second-order valence-electron chi connectivity index (χ2n) is 6.89. The third-order valence-electron chi connectivity index (χ3n) is 4.77.